The van der Waals surface area contributed by atoms with E-state index in [0.29, 0.717) is 23.0 Å². The summed E-state index contributed by atoms with van der Waals surface area (Å²) < 4.78 is 13.0. The molecule has 0 N–H and O–H groups in total. The number of hydrogen-bond acceptors (Lipinski definition) is 6. The van der Waals surface area contributed by atoms with E-state index >= 15 is 0 Å². The normalized spacial score (nSPS) is 11.6. The number of benzene rings is 10. The third-order valence-corrected chi connectivity index (χ3v) is 12.7. The van der Waals surface area contributed by atoms with E-state index in [2.05, 4.69) is 127 Å². The summed E-state index contributed by atoms with van der Waals surface area (Å²) in [6, 6.07) is 73.0. The van der Waals surface area contributed by atoms with Crippen molar-refractivity contribution in [2.24, 2.45) is 0 Å². The van der Waals surface area contributed by atoms with Gasteiger partial charge in [0.25, 0.3) is 0 Å². The van der Waals surface area contributed by atoms with Crippen LogP contribution in [0.5, 0.6) is 0 Å². The summed E-state index contributed by atoms with van der Waals surface area (Å²) in [5.74, 6) is 1.75. The summed E-state index contributed by atoms with van der Waals surface area (Å²) in [5, 5.41) is 18.3. The minimum Gasteiger partial charge on any atom is -0.456 e. The first kappa shape index (κ1) is 37.4. The zero-order valence-corrected chi connectivity index (χ0v) is 35.2. The highest BCUT2D eigenvalue weighted by Crippen LogP contribution is 2.44. The van der Waals surface area contributed by atoms with E-state index in [1.807, 2.05) is 84.9 Å². The molecule has 0 unspecified atom stereocenters. The first-order valence-electron chi connectivity index (χ1n) is 21.9. The van der Waals surface area contributed by atoms with Crippen LogP contribution in [0.4, 0.5) is 0 Å². The van der Waals surface area contributed by atoms with Crippen molar-refractivity contribution in [3.05, 3.63) is 212 Å². The van der Waals surface area contributed by atoms with Gasteiger partial charge >= 0.3 is 0 Å². The Morgan fingerprint density at radius 1 is 0.303 bits per heavy atom. The van der Waals surface area contributed by atoms with Crippen LogP contribution >= 0.6 is 0 Å². The largest absolute Gasteiger partial charge is 0.456 e. The molecule has 6 heteroatoms. The van der Waals surface area contributed by atoms with Gasteiger partial charge in [-0.1, -0.05) is 146 Å². The van der Waals surface area contributed by atoms with Gasteiger partial charge < -0.3 is 8.83 Å². The minimum atomic E-state index is 0.571. The minimum absolute atomic E-state index is 0.571. The predicted octanol–water partition coefficient (Wildman–Crippen LogP) is 15.9. The van der Waals surface area contributed by atoms with E-state index in [-0.39, 0.29) is 0 Å². The fourth-order valence-corrected chi connectivity index (χ4v) is 9.51. The molecule has 10 aromatic carbocycles. The second-order valence-electron chi connectivity index (χ2n) is 16.7. The summed E-state index contributed by atoms with van der Waals surface area (Å²) in [7, 11) is 0. The van der Waals surface area contributed by atoms with Crippen LogP contribution in [0.2, 0.25) is 0 Å². The van der Waals surface area contributed by atoms with Crippen molar-refractivity contribution < 1.29 is 8.83 Å². The zero-order valence-electron chi connectivity index (χ0n) is 35.2. The van der Waals surface area contributed by atoms with Gasteiger partial charge in [-0.3, -0.25) is 0 Å². The Labute approximate surface area is 378 Å². The molecule has 306 valence electrons. The van der Waals surface area contributed by atoms with Crippen LogP contribution in [0.25, 0.3) is 133 Å². The topological polar surface area (TPSA) is 88.7 Å². The number of furan rings is 2. The molecule has 3 aromatic heterocycles. The number of aromatic nitrogens is 3. The summed E-state index contributed by atoms with van der Waals surface area (Å²) in [6.07, 6.45) is 0. The van der Waals surface area contributed by atoms with Crippen molar-refractivity contribution in [2.45, 2.75) is 0 Å². The Kier molecular flexibility index (Phi) is 8.48. The van der Waals surface area contributed by atoms with Crippen LogP contribution in [-0.4, -0.2) is 15.0 Å². The highest BCUT2D eigenvalue weighted by molar-refractivity contribution is 6.31. The summed E-state index contributed by atoms with van der Waals surface area (Å²) in [4.78, 5) is 15.1. The lowest BCUT2D eigenvalue weighted by atomic mass is 9.91. The lowest BCUT2D eigenvalue weighted by Crippen LogP contribution is -2.00. The lowest BCUT2D eigenvalue weighted by Gasteiger charge is -2.12. The predicted molar refractivity (Wildman–Crippen MR) is 267 cm³/mol. The molecule has 0 atom stereocenters. The second-order valence-corrected chi connectivity index (χ2v) is 16.7. The van der Waals surface area contributed by atoms with Gasteiger partial charge in [0.15, 0.2) is 17.5 Å². The van der Waals surface area contributed by atoms with Crippen molar-refractivity contribution >= 4 is 65.4 Å². The maximum atomic E-state index is 9.61. The van der Waals surface area contributed by atoms with E-state index in [1.165, 1.54) is 0 Å². The standard InChI is InChI=1S/C60H34N4O2/c61-35-36-11-8-14-38(29-36)42-23-26-46-47-27-24-43(33-52(47)57-56(51(46)32-42)50-20-5-7-22-54(50)66-57)40-16-9-15-39(30-40)41-17-10-18-44(31-41)59-62-58(37-12-2-1-3-13-37)63-60(64-59)45-25-28-49-48-19-4-6-21-53(48)65-55(49)34-45/h1-34H. The molecule has 6 nitrogen and oxygen atoms in total. The number of rotatable bonds is 6. The first-order valence-corrected chi connectivity index (χ1v) is 21.9. The maximum absolute atomic E-state index is 9.61. The van der Waals surface area contributed by atoms with E-state index in [4.69, 9.17) is 23.8 Å². The fraction of sp³-hybridized carbons (Fsp3) is 0. The van der Waals surface area contributed by atoms with Gasteiger partial charge in [-0.05, 0) is 110 Å². The molecule has 66 heavy (non-hydrogen) atoms. The zero-order chi connectivity index (χ0) is 43.7. The molecule has 0 aliphatic rings. The van der Waals surface area contributed by atoms with Crippen LogP contribution in [0.15, 0.2) is 215 Å². The number of hydrogen-bond donors (Lipinski definition) is 0. The van der Waals surface area contributed by atoms with E-state index < -0.39 is 0 Å². The quantitative estimate of drug-likeness (QED) is 0.155. The molecule has 0 amide bonds. The maximum Gasteiger partial charge on any atom is 0.164 e. The monoisotopic (exact) mass is 842 g/mol. The summed E-state index contributed by atoms with van der Waals surface area (Å²) in [6.45, 7) is 0. The first-order chi connectivity index (χ1) is 32.6. The SMILES string of the molecule is N#Cc1cccc(-c2ccc3c4ccc(-c5cccc(-c6cccc(-c7nc(-c8ccccc8)nc(-c8ccc9c(c8)oc8ccccc89)n7)c6)c5)cc4c4oc5ccccc5c4c3c2)c1. The molecule has 0 saturated carbocycles. The molecular formula is C60H34N4O2. The smallest absolute Gasteiger partial charge is 0.164 e. The molecule has 0 saturated heterocycles. The Bertz CT molecular complexity index is 4140. The Morgan fingerprint density at radius 3 is 1.48 bits per heavy atom. The van der Waals surface area contributed by atoms with E-state index in [0.717, 1.165) is 115 Å². The van der Waals surface area contributed by atoms with Gasteiger partial charge in [-0.2, -0.15) is 5.26 Å². The Balaban J connectivity index is 0.907. The Hall–Kier alpha value is -9.18. The highest BCUT2D eigenvalue weighted by atomic mass is 16.3. The van der Waals surface area contributed by atoms with E-state index in [9.17, 15) is 5.26 Å². The second kappa shape index (κ2) is 15.0. The average molecular weight is 843 g/mol. The van der Waals surface area contributed by atoms with Gasteiger partial charge in [0.2, 0.25) is 0 Å². The lowest BCUT2D eigenvalue weighted by molar-refractivity contribution is 0.669. The molecule has 0 aliphatic heterocycles. The van der Waals surface area contributed by atoms with Crippen LogP contribution in [-0.2, 0) is 0 Å². The fourth-order valence-electron chi connectivity index (χ4n) is 9.51. The summed E-state index contributed by atoms with van der Waals surface area (Å²) >= 11 is 0. The molecule has 13 rings (SSSR count). The molecule has 0 radical (unpaired) electrons. The van der Waals surface area contributed by atoms with Crippen molar-refractivity contribution in [1.29, 1.82) is 5.26 Å². The van der Waals surface area contributed by atoms with Crippen molar-refractivity contribution in [3.8, 4) is 73.6 Å². The molecule has 0 fully saturated rings. The number of fused-ring (bicyclic) bond motifs is 11. The number of para-hydroxylation sites is 2. The third kappa shape index (κ3) is 6.22. The van der Waals surface area contributed by atoms with Crippen LogP contribution < -0.4 is 0 Å². The molecular weight excluding hydrogens is 809 g/mol. The van der Waals surface area contributed by atoms with Gasteiger partial charge in [0, 0.05) is 43.6 Å². The summed E-state index contributed by atoms with van der Waals surface area (Å²) in [5.41, 5.74) is 13.0. The van der Waals surface area contributed by atoms with Gasteiger partial charge in [0.05, 0.1) is 11.6 Å². The van der Waals surface area contributed by atoms with Crippen molar-refractivity contribution in [3.63, 3.8) is 0 Å². The highest BCUT2D eigenvalue weighted by Gasteiger charge is 2.19. The van der Waals surface area contributed by atoms with Gasteiger partial charge in [-0.25, -0.2) is 15.0 Å². The number of nitrogens with zero attached hydrogens (tertiary/aromatic N) is 4. The number of nitriles is 1. The van der Waals surface area contributed by atoms with Crippen LogP contribution in [0.3, 0.4) is 0 Å². The van der Waals surface area contributed by atoms with Crippen molar-refractivity contribution in [1.82, 2.24) is 15.0 Å². The third-order valence-electron chi connectivity index (χ3n) is 12.7. The van der Waals surface area contributed by atoms with E-state index in [1.54, 1.807) is 0 Å². The molecule has 0 aliphatic carbocycles. The van der Waals surface area contributed by atoms with Crippen LogP contribution in [0.1, 0.15) is 5.56 Å². The van der Waals surface area contributed by atoms with Gasteiger partial charge in [-0.15, -0.1) is 0 Å². The van der Waals surface area contributed by atoms with Crippen molar-refractivity contribution in [2.75, 3.05) is 0 Å². The van der Waals surface area contributed by atoms with Crippen LogP contribution in [0, 0.1) is 11.3 Å². The molecule has 0 bridgehead atoms. The average Bonchev–Trinajstić information content (AvgIpc) is 3.98. The Morgan fingerprint density at radius 2 is 0.773 bits per heavy atom. The molecule has 0 spiro atoms. The molecule has 3 heterocycles. The van der Waals surface area contributed by atoms with Gasteiger partial charge in [0.1, 0.15) is 22.3 Å². The molecule has 13 aromatic rings.